The number of primary amides is 1. The van der Waals surface area contributed by atoms with Crippen molar-refractivity contribution < 1.29 is 18.4 Å². The lowest BCUT2D eigenvalue weighted by Gasteiger charge is -2.02. The maximum atomic E-state index is 13.0. The summed E-state index contributed by atoms with van der Waals surface area (Å²) in [5.74, 6) is -2.31. The number of carbonyl (C=O) groups excluding carboxylic acids is 2. The smallest absolute Gasteiger partial charge is 0.318 e. The molecule has 3 amide bonds. The molecule has 1 aromatic rings. The lowest BCUT2D eigenvalue weighted by molar-refractivity contribution is -0.119. The van der Waals surface area contributed by atoms with Gasteiger partial charge in [-0.3, -0.25) is 10.1 Å². The fraction of sp³-hybridized carbons (Fsp3) is 0.111. The van der Waals surface area contributed by atoms with Gasteiger partial charge in [-0.15, -0.1) is 0 Å². The van der Waals surface area contributed by atoms with Crippen LogP contribution < -0.4 is 11.1 Å². The lowest BCUT2D eigenvalue weighted by atomic mass is 10.1. The molecule has 0 fully saturated rings. The molecule has 15 heavy (non-hydrogen) atoms. The first-order valence-electron chi connectivity index (χ1n) is 4.02. The zero-order chi connectivity index (χ0) is 11.4. The number of carbonyl (C=O) groups is 2. The van der Waals surface area contributed by atoms with E-state index >= 15 is 0 Å². The highest BCUT2D eigenvalue weighted by atomic mass is 19.1. The third kappa shape index (κ3) is 3.34. The second-order valence-electron chi connectivity index (χ2n) is 2.82. The number of imide groups is 1. The van der Waals surface area contributed by atoms with E-state index < -0.39 is 23.6 Å². The normalized spacial score (nSPS) is 9.73. The fourth-order valence-electron chi connectivity index (χ4n) is 1.02. The molecule has 0 aliphatic heterocycles. The number of nitrogens with one attached hydrogen (secondary N) is 1. The number of rotatable bonds is 2. The van der Waals surface area contributed by atoms with Crippen molar-refractivity contribution in [2.24, 2.45) is 5.73 Å². The predicted molar refractivity (Wildman–Crippen MR) is 47.8 cm³/mol. The molecule has 0 spiro atoms. The van der Waals surface area contributed by atoms with Crippen LogP contribution in [0.15, 0.2) is 18.2 Å². The predicted octanol–water partition coefficient (Wildman–Crippen LogP) is 0.702. The quantitative estimate of drug-likeness (QED) is 0.760. The first-order chi connectivity index (χ1) is 6.99. The van der Waals surface area contributed by atoms with Crippen LogP contribution in [0.25, 0.3) is 0 Å². The Kier molecular flexibility index (Phi) is 3.33. The highest BCUT2D eigenvalue weighted by molar-refractivity contribution is 5.94. The number of hydrogen-bond acceptors (Lipinski definition) is 2. The van der Waals surface area contributed by atoms with E-state index in [-0.39, 0.29) is 12.0 Å². The number of amides is 3. The van der Waals surface area contributed by atoms with E-state index in [9.17, 15) is 18.4 Å². The van der Waals surface area contributed by atoms with Gasteiger partial charge in [0.05, 0.1) is 6.42 Å². The minimum Gasteiger partial charge on any atom is -0.351 e. The van der Waals surface area contributed by atoms with Crippen LogP contribution in [0.4, 0.5) is 13.6 Å². The van der Waals surface area contributed by atoms with E-state index in [1.165, 1.54) is 0 Å². The van der Waals surface area contributed by atoms with Gasteiger partial charge in [-0.05, 0) is 11.6 Å². The first kappa shape index (κ1) is 11.1. The van der Waals surface area contributed by atoms with Gasteiger partial charge in [0, 0.05) is 6.07 Å². The lowest BCUT2D eigenvalue weighted by Crippen LogP contribution is -2.36. The highest BCUT2D eigenvalue weighted by Gasteiger charge is 2.10. The monoisotopic (exact) mass is 214 g/mol. The molecule has 0 aliphatic rings. The Balaban J connectivity index is 2.72. The van der Waals surface area contributed by atoms with Crippen LogP contribution in [-0.4, -0.2) is 11.9 Å². The molecule has 1 rings (SSSR count). The Morgan fingerprint density at radius 2 is 2.00 bits per heavy atom. The maximum absolute atomic E-state index is 13.0. The van der Waals surface area contributed by atoms with Crippen molar-refractivity contribution >= 4 is 11.9 Å². The van der Waals surface area contributed by atoms with Crippen molar-refractivity contribution in [3.63, 3.8) is 0 Å². The second-order valence-corrected chi connectivity index (χ2v) is 2.82. The van der Waals surface area contributed by atoms with Crippen molar-refractivity contribution in [1.82, 2.24) is 5.32 Å². The summed E-state index contributed by atoms with van der Waals surface area (Å²) in [7, 11) is 0. The molecule has 0 heterocycles. The SMILES string of the molecule is NC(=O)NC(=O)Cc1ccc(F)cc1F. The first-order valence-corrected chi connectivity index (χ1v) is 4.02. The number of benzene rings is 1. The van der Waals surface area contributed by atoms with Gasteiger partial charge in [-0.1, -0.05) is 6.07 Å². The number of nitrogens with two attached hydrogens (primary N) is 1. The van der Waals surface area contributed by atoms with Crippen molar-refractivity contribution in [2.75, 3.05) is 0 Å². The van der Waals surface area contributed by atoms with Gasteiger partial charge in [0.2, 0.25) is 5.91 Å². The molecule has 0 saturated carbocycles. The van der Waals surface area contributed by atoms with E-state index in [1.54, 1.807) is 5.32 Å². The van der Waals surface area contributed by atoms with Crippen LogP contribution in [0.5, 0.6) is 0 Å². The summed E-state index contributed by atoms with van der Waals surface area (Å²) in [4.78, 5) is 21.3. The van der Waals surface area contributed by atoms with Crippen molar-refractivity contribution in [1.29, 1.82) is 0 Å². The fourth-order valence-corrected chi connectivity index (χ4v) is 1.02. The number of halogens is 2. The van der Waals surface area contributed by atoms with E-state index in [1.807, 2.05) is 0 Å². The van der Waals surface area contributed by atoms with Crippen molar-refractivity contribution in [3.05, 3.63) is 35.4 Å². The van der Waals surface area contributed by atoms with Gasteiger partial charge in [0.15, 0.2) is 0 Å². The summed E-state index contributed by atoms with van der Waals surface area (Å²) >= 11 is 0. The molecule has 80 valence electrons. The van der Waals surface area contributed by atoms with Crippen LogP contribution in [0, 0.1) is 11.6 Å². The third-order valence-corrected chi connectivity index (χ3v) is 1.63. The Morgan fingerprint density at radius 1 is 1.33 bits per heavy atom. The maximum Gasteiger partial charge on any atom is 0.318 e. The highest BCUT2D eigenvalue weighted by Crippen LogP contribution is 2.09. The minimum atomic E-state index is -1.01. The minimum absolute atomic E-state index is 0.00449. The molecular formula is C9H8F2N2O2. The van der Waals surface area contributed by atoms with E-state index in [2.05, 4.69) is 5.73 Å². The Morgan fingerprint density at radius 3 is 2.53 bits per heavy atom. The van der Waals surface area contributed by atoms with Crippen LogP contribution in [0.3, 0.4) is 0 Å². The molecule has 3 N–H and O–H groups in total. The van der Waals surface area contributed by atoms with Gasteiger partial charge in [0.25, 0.3) is 0 Å². The zero-order valence-electron chi connectivity index (χ0n) is 7.59. The van der Waals surface area contributed by atoms with E-state index in [0.717, 1.165) is 12.1 Å². The molecular weight excluding hydrogens is 206 g/mol. The molecule has 0 atom stereocenters. The summed E-state index contributed by atoms with van der Waals surface area (Å²) in [6.45, 7) is 0. The molecule has 0 aliphatic carbocycles. The third-order valence-electron chi connectivity index (χ3n) is 1.63. The second kappa shape index (κ2) is 4.50. The summed E-state index contributed by atoms with van der Waals surface area (Å²) in [6, 6.07) is 1.80. The van der Waals surface area contributed by atoms with Crippen LogP contribution in [-0.2, 0) is 11.2 Å². The topological polar surface area (TPSA) is 72.2 Å². The molecule has 0 saturated heterocycles. The van der Waals surface area contributed by atoms with Gasteiger partial charge < -0.3 is 5.73 Å². The molecule has 0 aromatic heterocycles. The zero-order valence-corrected chi connectivity index (χ0v) is 7.59. The summed E-state index contributed by atoms with van der Waals surface area (Å²) < 4.78 is 25.5. The van der Waals surface area contributed by atoms with Crippen molar-refractivity contribution in [3.8, 4) is 0 Å². The van der Waals surface area contributed by atoms with E-state index in [0.29, 0.717) is 6.07 Å². The van der Waals surface area contributed by atoms with Crippen LogP contribution >= 0.6 is 0 Å². The molecule has 6 heteroatoms. The average Bonchev–Trinajstić information content (AvgIpc) is 2.08. The van der Waals surface area contributed by atoms with Gasteiger partial charge in [-0.25, -0.2) is 13.6 Å². The van der Waals surface area contributed by atoms with Gasteiger partial charge in [-0.2, -0.15) is 0 Å². The standard InChI is InChI=1S/C9H8F2N2O2/c10-6-2-1-5(7(11)4-6)3-8(14)13-9(12)15/h1-2,4H,3H2,(H3,12,13,14,15). The van der Waals surface area contributed by atoms with Crippen LogP contribution in [0.1, 0.15) is 5.56 Å². The molecule has 0 radical (unpaired) electrons. The Bertz CT molecular complexity index is 407. The summed E-state index contributed by atoms with van der Waals surface area (Å²) in [5, 5.41) is 1.77. The largest absolute Gasteiger partial charge is 0.351 e. The number of hydrogen-bond donors (Lipinski definition) is 2. The number of urea groups is 1. The Hall–Kier alpha value is -1.98. The van der Waals surface area contributed by atoms with Gasteiger partial charge >= 0.3 is 6.03 Å². The summed E-state index contributed by atoms with van der Waals surface area (Å²) in [5.41, 5.74) is 4.68. The van der Waals surface area contributed by atoms with E-state index in [4.69, 9.17) is 0 Å². The average molecular weight is 214 g/mol. The van der Waals surface area contributed by atoms with Crippen LogP contribution in [0.2, 0.25) is 0 Å². The van der Waals surface area contributed by atoms with Gasteiger partial charge in [0.1, 0.15) is 11.6 Å². The summed E-state index contributed by atoms with van der Waals surface area (Å²) in [6.07, 6.45) is -0.366. The van der Waals surface area contributed by atoms with Crippen molar-refractivity contribution in [2.45, 2.75) is 6.42 Å². The molecule has 0 unspecified atom stereocenters. The molecule has 0 bridgehead atoms. The molecule has 1 aromatic carbocycles. The molecule has 4 nitrogen and oxygen atoms in total. The Labute approximate surface area is 84.1 Å².